The highest BCUT2D eigenvalue weighted by Crippen LogP contribution is 2.35. The number of carbonyl (C=O) groups excluding carboxylic acids is 2. The maximum atomic E-state index is 12.1. The Morgan fingerprint density at radius 1 is 0.955 bits per heavy atom. The van der Waals surface area contributed by atoms with E-state index in [9.17, 15) is 9.59 Å². The Morgan fingerprint density at radius 2 is 1.36 bits per heavy atom. The molecule has 1 heterocycles. The summed E-state index contributed by atoms with van der Waals surface area (Å²) in [7, 11) is 0. The van der Waals surface area contributed by atoms with Gasteiger partial charge in [0.05, 0.1) is 0 Å². The molecule has 1 saturated heterocycles. The maximum absolute atomic E-state index is 12.1. The molecule has 128 valence electrons. The van der Waals surface area contributed by atoms with E-state index in [0.717, 1.165) is 19.4 Å². The van der Waals surface area contributed by atoms with Gasteiger partial charge >= 0.3 is 11.9 Å². The van der Waals surface area contributed by atoms with Crippen LogP contribution in [0.15, 0.2) is 0 Å². The first-order chi connectivity index (χ1) is 9.87. The second-order valence-corrected chi connectivity index (χ2v) is 8.33. The van der Waals surface area contributed by atoms with E-state index in [1.807, 2.05) is 41.5 Å². The van der Waals surface area contributed by atoms with Gasteiger partial charge in [-0.3, -0.25) is 4.48 Å². The Hall–Kier alpha value is -1.10. The molecule has 1 rings (SSSR count). The normalized spacial score (nSPS) is 20.4. The Labute approximate surface area is 134 Å². The van der Waals surface area contributed by atoms with Crippen LogP contribution in [0.4, 0.5) is 0 Å². The molecule has 1 fully saturated rings. The van der Waals surface area contributed by atoms with Gasteiger partial charge in [-0.1, -0.05) is 13.3 Å². The van der Waals surface area contributed by atoms with Crippen LogP contribution >= 0.6 is 0 Å². The zero-order chi connectivity index (χ0) is 17.2. The summed E-state index contributed by atoms with van der Waals surface area (Å²) < 4.78 is 11.3. The number of esters is 2. The first-order valence-corrected chi connectivity index (χ1v) is 8.16. The molecule has 0 bridgehead atoms. The van der Waals surface area contributed by atoms with Crippen molar-refractivity contribution in [2.45, 2.75) is 78.6 Å². The zero-order valence-corrected chi connectivity index (χ0v) is 15.2. The fraction of sp³-hybridized carbons (Fsp3) is 0.882. The lowest BCUT2D eigenvalue weighted by Crippen LogP contribution is -2.43. The average molecular weight is 314 g/mol. The minimum atomic E-state index is -0.497. The van der Waals surface area contributed by atoms with Crippen molar-refractivity contribution in [1.82, 2.24) is 0 Å². The van der Waals surface area contributed by atoms with E-state index >= 15 is 0 Å². The van der Waals surface area contributed by atoms with E-state index in [1.54, 1.807) is 0 Å². The molecule has 22 heavy (non-hydrogen) atoms. The third-order valence-corrected chi connectivity index (χ3v) is 3.57. The minimum absolute atomic E-state index is 0.241. The largest absolute Gasteiger partial charge is 0.456 e. The number of hydrogen-bond acceptors (Lipinski definition) is 4. The van der Waals surface area contributed by atoms with Gasteiger partial charge in [0.2, 0.25) is 0 Å². The van der Waals surface area contributed by atoms with Gasteiger partial charge in [-0.15, -0.1) is 0 Å². The Kier molecular flexibility index (Phi) is 5.66. The molecule has 0 amide bonds. The van der Waals surface area contributed by atoms with Crippen molar-refractivity contribution in [3.8, 4) is 0 Å². The molecule has 0 aliphatic carbocycles. The van der Waals surface area contributed by atoms with Crippen molar-refractivity contribution < 1.29 is 23.5 Å². The summed E-state index contributed by atoms with van der Waals surface area (Å²) in [4.78, 5) is 24.3. The summed E-state index contributed by atoms with van der Waals surface area (Å²) in [5.41, 5.74) is -0.994. The molecular formula is C17H32NO4+. The Bertz CT molecular complexity index is 387. The molecule has 0 aromatic heterocycles. The van der Waals surface area contributed by atoms with Gasteiger partial charge in [0.25, 0.3) is 0 Å². The molecule has 0 spiro atoms. The van der Waals surface area contributed by atoms with Gasteiger partial charge in [-0.25, -0.2) is 9.59 Å². The molecule has 5 nitrogen and oxygen atoms in total. The molecule has 0 aromatic rings. The first-order valence-electron chi connectivity index (χ1n) is 8.16. The highest BCUT2D eigenvalue weighted by Gasteiger charge is 2.57. The van der Waals surface area contributed by atoms with Crippen LogP contribution in [0.2, 0.25) is 0 Å². The second-order valence-electron chi connectivity index (χ2n) is 8.33. The zero-order valence-electron chi connectivity index (χ0n) is 15.2. The monoisotopic (exact) mass is 314 g/mol. The predicted molar refractivity (Wildman–Crippen MR) is 85.2 cm³/mol. The summed E-state index contributed by atoms with van der Waals surface area (Å²) in [5.74, 6) is -0.482. The fourth-order valence-corrected chi connectivity index (χ4v) is 2.78. The highest BCUT2D eigenvalue weighted by atomic mass is 16.6. The maximum Gasteiger partial charge on any atom is 0.362 e. The van der Waals surface area contributed by atoms with E-state index in [-0.39, 0.29) is 25.0 Å². The highest BCUT2D eigenvalue weighted by molar-refractivity contribution is 5.74. The number of carbonyl (C=O) groups is 2. The van der Waals surface area contributed by atoms with Crippen LogP contribution in [0.1, 0.15) is 61.3 Å². The van der Waals surface area contributed by atoms with Crippen LogP contribution in [0.3, 0.4) is 0 Å². The second kappa shape index (κ2) is 6.57. The number of hydrogen-bond donors (Lipinski definition) is 0. The Balaban J connectivity index is 2.68. The lowest BCUT2D eigenvalue weighted by Gasteiger charge is -2.25. The van der Waals surface area contributed by atoms with Crippen molar-refractivity contribution in [3.63, 3.8) is 0 Å². The van der Waals surface area contributed by atoms with Crippen LogP contribution < -0.4 is 0 Å². The number of rotatable bonds is 6. The topological polar surface area (TPSA) is 52.6 Å². The van der Waals surface area contributed by atoms with Gasteiger partial charge < -0.3 is 9.47 Å². The third-order valence-electron chi connectivity index (χ3n) is 3.57. The van der Waals surface area contributed by atoms with Crippen molar-refractivity contribution in [2.75, 3.05) is 19.6 Å². The molecule has 0 saturated carbocycles. The van der Waals surface area contributed by atoms with Gasteiger partial charge in [0.1, 0.15) is 23.8 Å². The summed E-state index contributed by atoms with van der Waals surface area (Å²) in [6.45, 7) is 14.6. The molecule has 0 aromatic carbocycles. The molecule has 1 atom stereocenters. The minimum Gasteiger partial charge on any atom is -0.456 e. The molecule has 0 N–H and O–H groups in total. The van der Waals surface area contributed by atoms with Crippen LogP contribution in [0.25, 0.3) is 0 Å². The quantitative estimate of drug-likeness (QED) is 0.430. The SMILES string of the molecule is CCC[C@H]1C[N+]1(CC(=O)OC(C)(C)C)CC(=O)OC(C)(C)C. The fourth-order valence-electron chi connectivity index (χ4n) is 2.78. The number of ether oxygens (including phenoxy) is 2. The van der Waals surface area contributed by atoms with Gasteiger partial charge in [0, 0.05) is 6.42 Å². The number of nitrogens with zero attached hydrogens (tertiary/aromatic N) is 1. The molecule has 0 radical (unpaired) electrons. The summed E-state index contributed by atoms with van der Waals surface area (Å²) in [5, 5.41) is 0. The summed E-state index contributed by atoms with van der Waals surface area (Å²) in [6, 6.07) is 0.366. The Morgan fingerprint density at radius 3 is 1.68 bits per heavy atom. The molecule has 5 heteroatoms. The van der Waals surface area contributed by atoms with E-state index < -0.39 is 11.2 Å². The van der Waals surface area contributed by atoms with Crippen LogP contribution in [-0.2, 0) is 19.1 Å². The molecular weight excluding hydrogens is 282 g/mol. The summed E-state index contributed by atoms with van der Waals surface area (Å²) in [6.07, 6.45) is 2.07. The van der Waals surface area contributed by atoms with E-state index in [0.29, 0.717) is 10.5 Å². The average Bonchev–Trinajstić information content (AvgIpc) is 2.83. The lowest BCUT2D eigenvalue weighted by molar-refractivity contribution is -0.798. The lowest BCUT2D eigenvalue weighted by atomic mass is 10.2. The van der Waals surface area contributed by atoms with Crippen molar-refractivity contribution in [1.29, 1.82) is 0 Å². The van der Waals surface area contributed by atoms with Crippen LogP contribution in [0.5, 0.6) is 0 Å². The van der Waals surface area contributed by atoms with E-state index in [1.165, 1.54) is 0 Å². The van der Waals surface area contributed by atoms with E-state index in [4.69, 9.17) is 9.47 Å². The summed E-state index contributed by atoms with van der Waals surface area (Å²) >= 11 is 0. The molecule has 1 aliphatic heterocycles. The molecule has 0 unspecified atom stereocenters. The standard InChI is InChI=1S/C17H32NO4/c1-8-9-13-10-18(13,11-14(19)21-16(2,3)4)12-15(20)22-17(5,6)7/h13H,8-12H2,1-7H3/q+1/t13-/m0/s1. The van der Waals surface area contributed by atoms with Gasteiger partial charge in [-0.05, 0) is 41.5 Å². The van der Waals surface area contributed by atoms with Crippen molar-refractivity contribution in [3.05, 3.63) is 0 Å². The van der Waals surface area contributed by atoms with Crippen LogP contribution in [-0.4, -0.2) is 53.3 Å². The molecule has 1 aliphatic rings. The van der Waals surface area contributed by atoms with Gasteiger partial charge in [0.15, 0.2) is 13.1 Å². The van der Waals surface area contributed by atoms with Crippen LogP contribution in [0, 0.1) is 0 Å². The first kappa shape index (κ1) is 18.9. The number of quaternary nitrogens is 1. The van der Waals surface area contributed by atoms with Gasteiger partial charge in [-0.2, -0.15) is 0 Å². The third kappa shape index (κ3) is 6.34. The smallest absolute Gasteiger partial charge is 0.362 e. The van der Waals surface area contributed by atoms with Crippen molar-refractivity contribution in [2.24, 2.45) is 0 Å². The van der Waals surface area contributed by atoms with E-state index in [2.05, 4.69) is 6.92 Å². The predicted octanol–water partition coefficient (Wildman–Crippen LogP) is 2.67. The van der Waals surface area contributed by atoms with Crippen molar-refractivity contribution >= 4 is 11.9 Å².